The van der Waals surface area contributed by atoms with Crippen LogP contribution in [0.2, 0.25) is 0 Å². The predicted molar refractivity (Wildman–Crippen MR) is 117 cm³/mol. The van der Waals surface area contributed by atoms with E-state index in [4.69, 9.17) is 14.2 Å². The highest BCUT2D eigenvalue weighted by Crippen LogP contribution is 2.51. The standard InChI is InChI=1S/C22H25BrN2O5/c1-11-9-12(2)24-21(27)17(11)25-20(26)15-10-16(23)19-18(13(15)3)29-22(4,30-19)14-5-7-28-8-6-14/h9-10,14H,5-8H2,1-4H3,(H,24,27)(H,25,26). The van der Waals surface area contributed by atoms with Crippen LogP contribution in [-0.2, 0) is 4.74 Å². The zero-order valence-electron chi connectivity index (χ0n) is 17.5. The number of aromatic nitrogens is 1. The van der Waals surface area contributed by atoms with Crippen LogP contribution in [0.25, 0.3) is 0 Å². The Hall–Kier alpha value is -2.32. The monoisotopic (exact) mass is 476 g/mol. The minimum absolute atomic E-state index is 0.191. The first kappa shape index (κ1) is 20.9. The Balaban J connectivity index is 1.65. The third-order valence-corrected chi connectivity index (χ3v) is 6.45. The molecule has 1 amide bonds. The van der Waals surface area contributed by atoms with E-state index in [0.717, 1.165) is 18.5 Å². The van der Waals surface area contributed by atoms with Crippen molar-refractivity contribution in [3.05, 3.63) is 49.3 Å². The number of carbonyl (C=O) groups excluding carboxylic acids is 1. The lowest BCUT2D eigenvalue weighted by Gasteiger charge is -2.34. The molecule has 160 valence electrons. The van der Waals surface area contributed by atoms with Crippen LogP contribution < -0.4 is 20.3 Å². The van der Waals surface area contributed by atoms with Crippen molar-refractivity contribution in [1.82, 2.24) is 4.98 Å². The molecule has 1 atom stereocenters. The van der Waals surface area contributed by atoms with E-state index in [1.54, 1.807) is 19.9 Å². The highest BCUT2D eigenvalue weighted by molar-refractivity contribution is 9.10. The molecule has 2 aliphatic rings. The van der Waals surface area contributed by atoms with Crippen LogP contribution in [0.4, 0.5) is 5.69 Å². The van der Waals surface area contributed by atoms with Crippen molar-refractivity contribution in [2.45, 2.75) is 46.3 Å². The Morgan fingerprint density at radius 2 is 1.83 bits per heavy atom. The number of hydrogen-bond acceptors (Lipinski definition) is 5. The molecule has 7 nitrogen and oxygen atoms in total. The lowest BCUT2D eigenvalue weighted by atomic mass is 9.92. The first-order valence-electron chi connectivity index (χ1n) is 10.0. The number of aromatic amines is 1. The average molecular weight is 477 g/mol. The maximum absolute atomic E-state index is 13.0. The molecule has 1 aromatic heterocycles. The van der Waals surface area contributed by atoms with Gasteiger partial charge in [0.2, 0.25) is 0 Å². The van der Waals surface area contributed by atoms with Crippen molar-refractivity contribution in [3.8, 4) is 11.5 Å². The summed E-state index contributed by atoms with van der Waals surface area (Å²) in [6.07, 6.45) is 1.70. The predicted octanol–water partition coefficient (Wildman–Crippen LogP) is 4.23. The molecule has 0 bridgehead atoms. The van der Waals surface area contributed by atoms with Gasteiger partial charge in [0.25, 0.3) is 17.3 Å². The highest BCUT2D eigenvalue weighted by Gasteiger charge is 2.46. The molecule has 2 aliphatic heterocycles. The highest BCUT2D eigenvalue weighted by atomic mass is 79.9. The molecule has 4 rings (SSSR count). The Morgan fingerprint density at radius 3 is 2.50 bits per heavy atom. The van der Waals surface area contributed by atoms with Gasteiger partial charge < -0.3 is 24.5 Å². The van der Waals surface area contributed by atoms with Crippen molar-refractivity contribution < 1.29 is 19.0 Å². The summed E-state index contributed by atoms with van der Waals surface area (Å²) >= 11 is 3.52. The zero-order chi connectivity index (χ0) is 21.6. The number of amides is 1. The largest absolute Gasteiger partial charge is 0.448 e. The molecular formula is C22H25BrN2O5. The Kier molecular flexibility index (Phi) is 5.40. The Bertz CT molecular complexity index is 1070. The maximum atomic E-state index is 13.0. The first-order valence-corrected chi connectivity index (χ1v) is 10.8. The third-order valence-electron chi connectivity index (χ3n) is 5.86. The van der Waals surface area contributed by atoms with E-state index in [2.05, 4.69) is 26.2 Å². The fourth-order valence-electron chi connectivity index (χ4n) is 4.16. The zero-order valence-corrected chi connectivity index (χ0v) is 19.1. The molecule has 0 saturated carbocycles. The van der Waals surface area contributed by atoms with Gasteiger partial charge in [-0.25, -0.2) is 0 Å². The molecule has 0 spiro atoms. The summed E-state index contributed by atoms with van der Waals surface area (Å²) in [5.74, 6) is 0.160. The number of H-pyrrole nitrogens is 1. The minimum Gasteiger partial charge on any atom is -0.448 e. The second kappa shape index (κ2) is 7.74. The van der Waals surface area contributed by atoms with Crippen LogP contribution in [0.1, 0.15) is 46.9 Å². The van der Waals surface area contributed by atoms with Crippen molar-refractivity contribution >= 4 is 27.5 Å². The van der Waals surface area contributed by atoms with E-state index in [-0.39, 0.29) is 23.1 Å². The summed E-state index contributed by atoms with van der Waals surface area (Å²) in [6.45, 7) is 8.71. The van der Waals surface area contributed by atoms with Crippen LogP contribution >= 0.6 is 15.9 Å². The van der Waals surface area contributed by atoms with Crippen LogP contribution in [0.3, 0.4) is 0 Å². The van der Waals surface area contributed by atoms with E-state index in [9.17, 15) is 9.59 Å². The summed E-state index contributed by atoms with van der Waals surface area (Å²) < 4.78 is 18.6. The molecule has 1 aromatic carbocycles. The van der Waals surface area contributed by atoms with Gasteiger partial charge in [0.15, 0.2) is 11.5 Å². The van der Waals surface area contributed by atoms with Gasteiger partial charge in [0, 0.05) is 42.9 Å². The third kappa shape index (κ3) is 3.63. The van der Waals surface area contributed by atoms with Crippen LogP contribution in [0.5, 0.6) is 11.5 Å². The van der Waals surface area contributed by atoms with E-state index in [1.807, 2.05) is 19.9 Å². The van der Waals surface area contributed by atoms with Crippen LogP contribution in [-0.4, -0.2) is 29.9 Å². The van der Waals surface area contributed by atoms with Crippen LogP contribution in [0.15, 0.2) is 21.4 Å². The number of ether oxygens (including phenoxy) is 3. The topological polar surface area (TPSA) is 89.7 Å². The lowest BCUT2D eigenvalue weighted by Crippen LogP contribution is -2.45. The van der Waals surface area contributed by atoms with Crippen molar-refractivity contribution in [3.63, 3.8) is 0 Å². The molecule has 3 heterocycles. The molecule has 1 fully saturated rings. The molecule has 1 saturated heterocycles. The number of rotatable bonds is 3. The van der Waals surface area contributed by atoms with Crippen molar-refractivity contribution in [2.24, 2.45) is 5.92 Å². The van der Waals surface area contributed by atoms with Gasteiger partial charge in [-0.1, -0.05) is 0 Å². The van der Waals surface area contributed by atoms with E-state index in [1.165, 1.54) is 0 Å². The van der Waals surface area contributed by atoms with Gasteiger partial charge in [-0.2, -0.15) is 0 Å². The quantitative estimate of drug-likeness (QED) is 0.691. The molecule has 0 radical (unpaired) electrons. The summed E-state index contributed by atoms with van der Waals surface area (Å²) in [7, 11) is 0. The second-order valence-electron chi connectivity index (χ2n) is 8.09. The summed E-state index contributed by atoms with van der Waals surface area (Å²) in [6, 6.07) is 3.53. The number of anilines is 1. The molecule has 2 aromatic rings. The number of halogens is 1. The van der Waals surface area contributed by atoms with Gasteiger partial charge >= 0.3 is 0 Å². The second-order valence-corrected chi connectivity index (χ2v) is 8.94. The van der Waals surface area contributed by atoms with Gasteiger partial charge in [-0.3, -0.25) is 9.59 Å². The van der Waals surface area contributed by atoms with Crippen molar-refractivity contribution in [1.29, 1.82) is 0 Å². The van der Waals surface area contributed by atoms with Gasteiger partial charge in [0.1, 0.15) is 5.69 Å². The first-order chi connectivity index (χ1) is 14.2. The summed E-state index contributed by atoms with van der Waals surface area (Å²) in [4.78, 5) is 28.1. The molecule has 2 N–H and O–H groups in total. The number of hydrogen-bond donors (Lipinski definition) is 2. The Labute approximate surface area is 183 Å². The fraction of sp³-hybridized carbons (Fsp3) is 0.455. The van der Waals surface area contributed by atoms with E-state index >= 15 is 0 Å². The number of benzene rings is 1. The maximum Gasteiger partial charge on any atom is 0.272 e. The molecular weight excluding hydrogens is 452 g/mol. The van der Waals surface area contributed by atoms with E-state index in [0.29, 0.717) is 45.9 Å². The molecule has 30 heavy (non-hydrogen) atoms. The molecule has 0 aliphatic carbocycles. The van der Waals surface area contributed by atoms with Crippen LogP contribution in [0, 0.1) is 26.7 Å². The SMILES string of the molecule is Cc1cc(C)c(NC(=O)c2cc(Br)c3c(c2C)OC(C)(C2CCOCC2)O3)c(=O)[nH]1. The van der Waals surface area contributed by atoms with Gasteiger partial charge in [-0.15, -0.1) is 0 Å². The number of carbonyl (C=O) groups is 1. The van der Waals surface area contributed by atoms with Crippen molar-refractivity contribution in [2.75, 3.05) is 18.5 Å². The fourth-order valence-corrected chi connectivity index (χ4v) is 4.65. The average Bonchev–Trinajstić information content (AvgIpc) is 3.08. The number of nitrogens with one attached hydrogen (secondary N) is 2. The number of fused-ring (bicyclic) bond motifs is 1. The smallest absolute Gasteiger partial charge is 0.272 e. The molecule has 8 heteroatoms. The summed E-state index contributed by atoms with van der Waals surface area (Å²) in [5, 5.41) is 2.75. The number of aryl methyl sites for hydroxylation is 2. The van der Waals surface area contributed by atoms with Gasteiger partial charge in [0.05, 0.1) is 4.47 Å². The number of pyridine rings is 1. The molecule has 1 unspecified atom stereocenters. The Morgan fingerprint density at radius 1 is 1.17 bits per heavy atom. The lowest BCUT2D eigenvalue weighted by molar-refractivity contribution is -0.136. The summed E-state index contributed by atoms with van der Waals surface area (Å²) in [5.41, 5.74) is 2.44. The van der Waals surface area contributed by atoms with E-state index < -0.39 is 5.79 Å². The minimum atomic E-state index is -0.806. The normalized spacial score (nSPS) is 21.0. The van der Waals surface area contributed by atoms with Gasteiger partial charge in [-0.05, 0) is 67.2 Å².